The molecule has 0 aromatic heterocycles. The lowest BCUT2D eigenvalue weighted by Gasteiger charge is -2.05. The Morgan fingerprint density at radius 2 is 2.13 bits per heavy atom. The quantitative estimate of drug-likeness (QED) is 0.845. The van der Waals surface area contributed by atoms with Crippen molar-refractivity contribution < 1.29 is 14.3 Å². The first-order valence-corrected chi connectivity index (χ1v) is 5.01. The Bertz CT molecular complexity index is 404. The highest BCUT2D eigenvalue weighted by Gasteiger charge is 2.11. The van der Waals surface area contributed by atoms with Crippen molar-refractivity contribution >= 4 is 27.8 Å². The Hall–Kier alpha value is -1.36. The van der Waals surface area contributed by atoms with Gasteiger partial charge in [0.2, 0.25) is 0 Å². The van der Waals surface area contributed by atoms with Crippen LogP contribution in [0.2, 0.25) is 0 Å². The van der Waals surface area contributed by atoms with Crippen molar-refractivity contribution in [1.82, 2.24) is 0 Å². The monoisotopic (exact) mass is 271 g/mol. The molecule has 0 aliphatic rings. The van der Waals surface area contributed by atoms with Crippen LogP contribution in [-0.2, 0) is 9.53 Å². The summed E-state index contributed by atoms with van der Waals surface area (Å²) in [6.45, 7) is 1.39. The van der Waals surface area contributed by atoms with Crippen LogP contribution >= 0.6 is 15.9 Å². The van der Waals surface area contributed by atoms with Crippen LogP contribution in [-0.4, -0.2) is 18.5 Å². The van der Waals surface area contributed by atoms with Crippen molar-refractivity contribution in [2.45, 2.75) is 6.92 Å². The van der Waals surface area contributed by atoms with Gasteiger partial charge in [-0.05, 0) is 24.6 Å². The van der Waals surface area contributed by atoms with Crippen molar-refractivity contribution in [3.63, 3.8) is 0 Å². The minimum atomic E-state index is -0.670. The van der Waals surface area contributed by atoms with Gasteiger partial charge in [0.05, 0.1) is 5.56 Å². The van der Waals surface area contributed by atoms with E-state index in [0.29, 0.717) is 5.56 Å². The fourth-order valence-electron chi connectivity index (χ4n) is 1.03. The maximum Gasteiger partial charge on any atom is 0.338 e. The van der Waals surface area contributed by atoms with Crippen LogP contribution in [0, 0.1) is 6.92 Å². The number of hydrogen-bond acceptors (Lipinski definition) is 3. The van der Waals surface area contributed by atoms with Gasteiger partial charge in [-0.25, -0.2) is 4.79 Å². The van der Waals surface area contributed by atoms with E-state index in [1.54, 1.807) is 19.1 Å². The standard InChI is InChI=1S/C10H10BrNO3/c1-6-2-3-7(11)4-8(6)10(14)15-5-9(12)13/h2-4H,5H2,1H3,(H2,12,13). The summed E-state index contributed by atoms with van der Waals surface area (Å²) in [6.07, 6.45) is 0. The highest BCUT2D eigenvalue weighted by molar-refractivity contribution is 9.10. The molecular weight excluding hydrogens is 262 g/mol. The van der Waals surface area contributed by atoms with Gasteiger partial charge in [0, 0.05) is 4.47 Å². The van der Waals surface area contributed by atoms with Crippen molar-refractivity contribution in [2.75, 3.05) is 6.61 Å². The molecule has 2 N–H and O–H groups in total. The summed E-state index contributed by atoms with van der Waals surface area (Å²) >= 11 is 3.25. The summed E-state index contributed by atoms with van der Waals surface area (Å²) in [5.41, 5.74) is 6.07. The van der Waals surface area contributed by atoms with Crippen LogP contribution in [0.1, 0.15) is 15.9 Å². The number of nitrogens with two attached hydrogens (primary N) is 1. The van der Waals surface area contributed by atoms with E-state index < -0.39 is 18.5 Å². The predicted octanol–water partition coefficient (Wildman–Crippen LogP) is 1.40. The third-order valence-corrected chi connectivity index (χ3v) is 2.26. The van der Waals surface area contributed by atoms with Crippen LogP contribution in [0.5, 0.6) is 0 Å². The van der Waals surface area contributed by atoms with Gasteiger partial charge < -0.3 is 10.5 Å². The lowest BCUT2D eigenvalue weighted by molar-refractivity contribution is -0.121. The van der Waals surface area contributed by atoms with E-state index in [9.17, 15) is 9.59 Å². The molecule has 80 valence electrons. The van der Waals surface area contributed by atoms with Crippen LogP contribution in [0.3, 0.4) is 0 Å². The third-order valence-electron chi connectivity index (χ3n) is 1.77. The normalized spacial score (nSPS) is 9.73. The second kappa shape index (κ2) is 4.93. The van der Waals surface area contributed by atoms with E-state index >= 15 is 0 Å². The number of rotatable bonds is 3. The summed E-state index contributed by atoms with van der Waals surface area (Å²) < 4.78 is 5.47. The van der Waals surface area contributed by atoms with Crippen molar-refractivity contribution in [1.29, 1.82) is 0 Å². The van der Waals surface area contributed by atoms with E-state index in [1.807, 2.05) is 6.07 Å². The average Bonchev–Trinajstić information content (AvgIpc) is 2.18. The summed E-state index contributed by atoms with van der Waals surface area (Å²) in [6, 6.07) is 5.24. The highest BCUT2D eigenvalue weighted by Crippen LogP contribution is 2.16. The molecule has 0 spiro atoms. The number of hydrogen-bond donors (Lipinski definition) is 1. The molecular formula is C10H10BrNO3. The molecule has 1 aromatic carbocycles. The Morgan fingerprint density at radius 1 is 1.47 bits per heavy atom. The lowest BCUT2D eigenvalue weighted by atomic mass is 10.1. The van der Waals surface area contributed by atoms with Crippen LogP contribution in [0.15, 0.2) is 22.7 Å². The summed E-state index contributed by atoms with van der Waals surface area (Å²) in [7, 11) is 0. The molecule has 1 rings (SSSR count). The Labute approximate surface area is 95.5 Å². The van der Waals surface area contributed by atoms with E-state index in [2.05, 4.69) is 15.9 Å². The number of amides is 1. The van der Waals surface area contributed by atoms with E-state index in [1.165, 1.54) is 0 Å². The van der Waals surface area contributed by atoms with E-state index in [4.69, 9.17) is 10.5 Å². The van der Waals surface area contributed by atoms with Gasteiger partial charge >= 0.3 is 5.97 Å². The molecule has 1 amide bonds. The number of esters is 1. The number of carbonyl (C=O) groups excluding carboxylic acids is 2. The van der Waals surface area contributed by atoms with Gasteiger partial charge in [0.25, 0.3) is 5.91 Å². The number of aryl methyl sites for hydroxylation is 1. The molecule has 0 unspecified atom stereocenters. The third kappa shape index (κ3) is 3.36. The number of ether oxygens (including phenoxy) is 1. The maximum absolute atomic E-state index is 11.5. The number of halogens is 1. The number of carbonyl (C=O) groups is 2. The predicted molar refractivity (Wildman–Crippen MR) is 58.4 cm³/mol. The fraction of sp³-hybridized carbons (Fsp3) is 0.200. The Morgan fingerprint density at radius 3 is 2.73 bits per heavy atom. The largest absolute Gasteiger partial charge is 0.452 e. The fourth-order valence-corrected chi connectivity index (χ4v) is 1.39. The first-order chi connectivity index (χ1) is 7.00. The van der Waals surface area contributed by atoms with Crippen LogP contribution < -0.4 is 5.73 Å². The van der Waals surface area contributed by atoms with Gasteiger partial charge in [0.15, 0.2) is 6.61 Å². The molecule has 15 heavy (non-hydrogen) atoms. The van der Waals surface area contributed by atoms with E-state index in [0.717, 1.165) is 10.0 Å². The summed E-state index contributed by atoms with van der Waals surface area (Å²) in [4.78, 5) is 21.9. The van der Waals surface area contributed by atoms with Gasteiger partial charge in [-0.3, -0.25) is 4.79 Å². The smallest absolute Gasteiger partial charge is 0.338 e. The topological polar surface area (TPSA) is 69.4 Å². The van der Waals surface area contributed by atoms with Gasteiger partial charge in [-0.2, -0.15) is 0 Å². The molecule has 4 nitrogen and oxygen atoms in total. The molecule has 0 aliphatic carbocycles. The first kappa shape index (κ1) is 11.7. The average molecular weight is 272 g/mol. The van der Waals surface area contributed by atoms with Gasteiger partial charge in [-0.15, -0.1) is 0 Å². The number of benzene rings is 1. The first-order valence-electron chi connectivity index (χ1n) is 4.22. The summed E-state index contributed by atoms with van der Waals surface area (Å²) in [5, 5.41) is 0. The Kier molecular flexibility index (Phi) is 3.85. The lowest BCUT2D eigenvalue weighted by Crippen LogP contribution is -2.21. The zero-order chi connectivity index (χ0) is 11.4. The zero-order valence-corrected chi connectivity index (χ0v) is 9.71. The van der Waals surface area contributed by atoms with Crippen molar-refractivity contribution in [3.05, 3.63) is 33.8 Å². The molecule has 1 aromatic rings. The maximum atomic E-state index is 11.5. The SMILES string of the molecule is Cc1ccc(Br)cc1C(=O)OCC(N)=O. The molecule has 0 aliphatic heterocycles. The molecule has 0 bridgehead atoms. The van der Waals surface area contributed by atoms with Crippen molar-refractivity contribution in [3.8, 4) is 0 Å². The van der Waals surface area contributed by atoms with Crippen LogP contribution in [0.4, 0.5) is 0 Å². The minimum Gasteiger partial charge on any atom is -0.452 e. The molecule has 0 fully saturated rings. The second-order valence-electron chi connectivity index (χ2n) is 3.00. The molecule has 0 atom stereocenters. The second-order valence-corrected chi connectivity index (χ2v) is 3.92. The molecule has 0 radical (unpaired) electrons. The summed E-state index contributed by atoms with van der Waals surface area (Å²) in [5.74, 6) is -1.22. The minimum absolute atomic E-state index is 0.398. The highest BCUT2D eigenvalue weighted by atomic mass is 79.9. The Balaban J connectivity index is 2.81. The molecule has 0 saturated heterocycles. The zero-order valence-electron chi connectivity index (χ0n) is 8.12. The van der Waals surface area contributed by atoms with Crippen LogP contribution in [0.25, 0.3) is 0 Å². The molecule has 0 heterocycles. The number of primary amides is 1. The molecule has 5 heteroatoms. The molecule has 0 saturated carbocycles. The van der Waals surface area contributed by atoms with Gasteiger partial charge in [0.1, 0.15) is 0 Å². The van der Waals surface area contributed by atoms with Crippen molar-refractivity contribution in [2.24, 2.45) is 5.73 Å². The van der Waals surface area contributed by atoms with Gasteiger partial charge in [-0.1, -0.05) is 22.0 Å². The van der Waals surface area contributed by atoms with E-state index in [-0.39, 0.29) is 0 Å².